The van der Waals surface area contributed by atoms with Crippen LogP contribution in [0.2, 0.25) is 10.0 Å². The van der Waals surface area contributed by atoms with Crippen LogP contribution in [-0.2, 0) is 24.2 Å². The van der Waals surface area contributed by atoms with Crippen LogP contribution in [0.4, 0.5) is 0 Å². The van der Waals surface area contributed by atoms with Crippen LogP contribution >= 0.6 is 23.2 Å². The molecule has 0 aliphatic carbocycles. The highest BCUT2D eigenvalue weighted by atomic mass is 35.5. The topological polar surface area (TPSA) is 50.7 Å². The maximum atomic E-state index is 12.2. The molecule has 1 N–H and O–H groups in total. The number of nitrogens with one attached hydrogen (secondary N) is 1. The van der Waals surface area contributed by atoms with Crippen LogP contribution < -0.4 is 10.2 Å². The van der Waals surface area contributed by atoms with Gasteiger partial charge in [0.25, 0.3) is 0 Å². The summed E-state index contributed by atoms with van der Waals surface area (Å²) in [5, 5.41) is 5.26. The van der Waals surface area contributed by atoms with E-state index in [-0.39, 0.29) is 12.3 Å². The second-order valence-electron chi connectivity index (χ2n) is 6.74. The molecule has 30 heavy (non-hydrogen) atoms. The maximum Gasteiger partial charge on any atom is 0.244 e. The number of hydrazone groups is 1. The van der Waals surface area contributed by atoms with Crippen LogP contribution in [0, 0.1) is 0 Å². The molecule has 0 saturated heterocycles. The second-order valence-corrected chi connectivity index (χ2v) is 7.61. The first-order valence-electron chi connectivity index (χ1n) is 9.60. The van der Waals surface area contributed by atoms with E-state index in [0.29, 0.717) is 28.0 Å². The van der Waals surface area contributed by atoms with Crippen molar-refractivity contribution >= 4 is 35.3 Å². The molecule has 0 fully saturated rings. The summed E-state index contributed by atoms with van der Waals surface area (Å²) in [4.78, 5) is 12.2. The van der Waals surface area contributed by atoms with Crippen molar-refractivity contribution in [2.24, 2.45) is 5.10 Å². The highest BCUT2D eigenvalue weighted by Gasteiger charge is 2.06. The molecule has 3 rings (SSSR count). The Labute approximate surface area is 186 Å². The lowest BCUT2D eigenvalue weighted by Gasteiger charge is -2.10. The SMILES string of the molecule is CCc1ccc(CC(=O)N/N=C/c2cc(Cl)ccc2OCc2cccc(Cl)c2)cc1. The number of hydrogen-bond acceptors (Lipinski definition) is 3. The Morgan fingerprint density at radius 3 is 2.43 bits per heavy atom. The third-order valence-electron chi connectivity index (χ3n) is 4.44. The van der Waals surface area contributed by atoms with Gasteiger partial charge in [-0.25, -0.2) is 5.43 Å². The average Bonchev–Trinajstić information content (AvgIpc) is 2.74. The van der Waals surface area contributed by atoms with Crippen molar-refractivity contribution in [3.05, 3.63) is 99.0 Å². The van der Waals surface area contributed by atoms with Crippen molar-refractivity contribution in [2.75, 3.05) is 0 Å². The second kappa shape index (κ2) is 10.8. The lowest BCUT2D eigenvalue weighted by Crippen LogP contribution is -2.19. The van der Waals surface area contributed by atoms with E-state index in [4.69, 9.17) is 27.9 Å². The minimum atomic E-state index is -0.195. The molecule has 4 nitrogen and oxygen atoms in total. The maximum absolute atomic E-state index is 12.2. The fourth-order valence-corrected chi connectivity index (χ4v) is 3.22. The Hall–Kier alpha value is -2.82. The van der Waals surface area contributed by atoms with Gasteiger partial charge in [-0.15, -0.1) is 0 Å². The largest absolute Gasteiger partial charge is 0.488 e. The highest BCUT2D eigenvalue weighted by Crippen LogP contribution is 2.23. The quantitative estimate of drug-likeness (QED) is 0.353. The molecule has 6 heteroatoms. The number of benzene rings is 3. The Morgan fingerprint density at radius 1 is 0.967 bits per heavy atom. The number of rotatable bonds is 8. The summed E-state index contributed by atoms with van der Waals surface area (Å²) >= 11 is 12.1. The van der Waals surface area contributed by atoms with Gasteiger partial charge in [0.15, 0.2) is 0 Å². The van der Waals surface area contributed by atoms with Crippen molar-refractivity contribution < 1.29 is 9.53 Å². The molecule has 0 heterocycles. The Morgan fingerprint density at radius 2 is 1.70 bits per heavy atom. The molecule has 154 valence electrons. The molecule has 0 saturated carbocycles. The summed E-state index contributed by atoms with van der Waals surface area (Å²) in [6, 6.07) is 20.7. The van der Waals surface area contributed by atoms with E-state index in [1.807, 2.05) is 48.5 Å². The fraction of sp³-hybridized carbons (Fsp3) is 0.167. The predicted molar refractivity (Wildman–Crippen MR) is 122 cm³/mol. The molecule has 0 spiro atoms. The number of carbonyl (C=O) groups excluding carboxylic acids is 1. The molecule has 1 amide bonds. The number of hydrogen-bond donors (Lipinski definition) is 1. The first-order valence-corrected chi connectivity index (χ1v) is 10.4. The summed E-state index contributed by atoms with van der Waals surface area (Å²) in [6.45, 7) is 2.45. The Balaban J connectivity index is 1.61. The summed E-state index contributed by atoms with van der Waals surface area (Å²) in [5.74, 6) is 0.409. The minimum Gasteiger partial charge on any atom is -0.488 e. The molecule has 0 unspecified atom stereocenters. The van der Waals surface area contributed by atoms with E-state index in [9.17, 15) is 4.79 Å². The molecular weight excluding hydrogens is 419 g/mol. The van der Waals surface area contributed by atoms with E-state index in [1.165, 1.54) is 11.8 Å². The Bertz CT molecular complexity index is 1030. The number of ether oxygens (including phenoxy) is 1. The first kappa shape index (κ1) is 21.9. The zero-order chi connectivity index (χ0) is 21.3. The molecule has 3 aromatic carbocycles. The molecule has 0 aliphatic heterocycles. The van der Waals surface area contributed by atoms with Crippen LogP contribution in [0.15, 0.2) is 71.8 Å². The third kappa shape index (κ3) is 6.61. The summed E-state index contributed by atoms with van der Waals surface area (Å²) in [7, 11) is 0. The van der Waals surface area contributed by atoms with Gasteiger partial charge in [0.1, 0.15) is 12.4 Å². The van der Waals surface area contributed by atoms with Crippen molar-refractivity contribution in [2.45, 2.75) is 26.4 Å². The lowest BCUT2D eigenvalue weighted by atomic mass is 10.1. The first-order chi connectivity index (χ1) is 14.5. The zero-order valence-corrected chi connectivity index (χ0v) is 18.1. The van der Waals surface area contributed by atoms with Crippen LogP contribution in [0.25, 0.3) is 0 Å². The zero-order valence-electron chi connectivity index (χ0n) is 16.6. The van der Waals surface area contributed by atoms with Gasteiger partial charge in [-0.2, -0.15) is 5.10 Å². The third-order valence-corrected chi connectivity index (χ3v) is 4.91. The van der Waals surface area contributed by atoms with E-state index in [2.05, 4.69) is 17.5 Å². The van der Waals surface area contributed by atoms with E-state index in [0.717, 1.165) is 17.5 Å². The molecule has 0 aliphatic rings. The summed E-state index contributed by atoms with van der Waals surface area (Å²) in [5.41, 5.74) is 6.34. The summed E-state index contributed by atoms with van der Waals surface area (Å²) < 4.78 is 5.89. The van der Waals surface area contributed by atoms with Crippen molar-refractivity contribution in [3.63, 3.8) is 0 Å². The van der Waals surface area contributed by atoms with Gasteiger partial charge in [0.05, 0.1) is 12.6 Å². The van der Waals surface area contributed by atoms with Crippen molar-refractivity contribution in [1.29, 1.82) is 0 Å². The number of aryl methyl sites for hydroxylation is 1. The summed E-state index contributed by atoms with van der Waals surface area (Å²) in [6.07, 6.45) is 2.75. The van der Waals surface area contributed by atoms with Gasteiger partial charge in [-0.1, -0.05) is 66.5 Å². The smallest absolute Gasteiger partial charge is 0.244 e. The number of carbonyl (C=O) groups is 1. The predicted octanol–water partition coefficient (Wildman–Crippen LogP) is 5.83. The Kier molecular flexibility index (Phi) is 7.89. The molecule has 0 bridgehead atoms. The van der Waals surface area contributed by atoms with Crippen molar-refractivity contribution in [1.82, 2.24) is 5.43 Å². The van der Waals surface area contributed by atoms with Gasteiger partial charge in [-0.05, 0) is 53.4 Å². The lowest BCUT2D eigenvalue weighted by molar-refractivity contribution is -0.120. The molecular formula is C24H22Cl2N2O2. The van der Waals surface area contributed by atoms with E-state index in [1.54, 1.807) is 18.2 Å². The minimum absolute atomic E-state index is 0.195. The van der Waals surface area contributed by atoms with Crippen LogP contribution in [0.3, 0.4) is 0 Å². The van der Waals surface area contributed by atoms with Crippen LogP contribution in [0.5, 0.6) is 5.75 Å². The number of halogens is 2. The van der Waals surface area contributed by atoms with E-state index < -0.39 is 0 Å². The highest BCUT2D eigenvalue weighted by molar-refractivity contribution is 6.31. The normalized spacial score (nSPS) is 10.9. The van der Waals surface area contributed by atoms with Crippen LogP contribution in [-0.4, -0.2) is 12.1 Å². The van der Waals surface area contributed by atoms with Crippen LogP contribution in [0.1, 0.15) is 29.2 Å². The van der Waals surface area contributed by atoms with Crippen molar-refractivity contribution in [3.8, 4) is 5.75 Å². The van der Waals surface area contributed by atoms with E-state index >= 15 is 0 Å². The van der Waals surface area contributed by atoms with Gasteiger partial charge >= 0.3 is 0 Å². The molecule has 0 radical (unpaired) electrons. The number of amides is 1. The average molecular weight is 441 g/mol. The van der Waals surface area contributed by atoms with Gasteiger partial charge in [0, 0.05) is 15.6 Å². The fourth-order valence-electron chi connectivity index (χ4n) is 2.83. The molecule has 0 aromatic heterocycles. The van der Waals surface area contributed by atoms with Gasteiger partial charge < -0.3 is 4.74 Å². The monoisotopic (exact) mass is 440 g/mol. The standard InChI is InChI=1S/C24H22Cl2N2O2/c1-2-17-6-8-18(9-7-17)13-24(29)28-27-15-20-14-22(26)10-11-23(20)30-16-19-4-3-5-21(25)12-19/h3-12,14-15H,2,13,16H2,1H3,(H,28,29)/b27-15+. The van der Waals surface area contributed by atoms with Gasteiger partial charge in [0.2, 0.25) is 5.91 Å². The molecule has 3 aromatic rings. The van der Waals surface area contributed by atoms with Gasteiger partial charge in [-0.3, -0.25) is 4.79 Å². The molecule has 0 atom stereocenters. The number of nitrogens with zero attached hydrogens (tertiary/aromatic N) is 1.